The first-order chi connectivity index (χ1) is 8.75. The smallest absolute Gasteiger partial charge is 0.184 e. The molecule has 4 heteroatoms. The van der Waals surface area contributed by atoms with Crippen LogP contribution in [0.5, 0.6) is 0 Å². The molecule has 0 aliphatic carbocycles. The number of rotatable bonds is 7. The third kappa shape index (κ3) is 7.00. The van der Waals surface area contributed by atoms with E-state index in [1.807, 2.05) is 27.7 Å². The number of aliphatic hydroxyl groups is 1. The zero-order chi connectivity index (χ0) is 16.3. The van der Waals surface area contributed by atoms with Crippen LogP contribution in [0.4, 0.5) is 0 Å². The Balaban J connectivity index is 4.82. The quantitative estimate of drug-likeness (QED) is 0.726. The summed E-state index contributed by atoms with van der Waals surface area (Å²) in [4.78, 5) is 12.1. The van der Waals surface area contributed by atoms with E-state index in [1.54, 1.807) is 0 Å². The van der Waals surface area contributed by atoms with Crippen molar-refractivity contribution in [2.45, 2.75) is 79.8 Å². The average Bonchev–Trinajstić information content (AvgIpc) is 2.21. The second kappa shape index (κ2) is 7.19. The second-order valence-corrected chi connectivity index (χ2v) is 12.7. The first-order valence-electron chi connectivity index (χ1n) is 7.65. The largest absolute Gasteiger partial charge is 0.414 e. The number of aliphatic hydroxyl groups excluding tert-OH is 1. The molecular weight excluding hydrogens is 268 g/mol. The average molecular weight is 303 g/mol. The van der Waals surface area contributed by atoms with Gasteiger partial charge in [-0.1, -0.05) is 41.5 Å². The van der Waals surface area contributed by atoms with E-state index in [2.05, 4.69) is 33.5 Å². The lowest BCUT2D eigenvalue weighted by molar-refractivity contribution is -0.129. The minimum Gasteiger partial charge on any atom is -0.414 e. The molecule has 3 atom stereocenters. The topological polar surface area (TPSA) is 46.5 Å². The molecule has 0 aromatic carbocycles. The van der Waals surface area contributed by atoms with Gasteiger partial charge in [-0.25, -0.2) is 0 Å². The highest BCUT2D eigenvalue weighted by molar-refractivity contribution is 6.69. The molecule has 0 aromatic heterocycles. The number of carbonyl (C=O) groups is 1. The number of ketones is 1. The van der Waals surface area contributed by atoms with Gasteiger partial charge in [0.05, 0.1) is 12.2 Å². The minimum absolute atomic E-state index is 0.00411. The zero-order valence-electron chi connectivity index (χ0n) is 14.8. The van der Waals surface area contributed by atoms with Crippen LogP contribution in [0.25, 0.3) is 0 Å². The van der Waals surface area contributed by atoms with Crippen molar-refractivity contribution in [1.82, 2.24) is 0 Å². The Kier molecular flexibility index (Phi) is 7.12. The van der Waals surface area contributed by atoms with Crippen molar-refractivity contribution in [3.63, 3.8) is 0 Å². The molecule has 0 saturated carbocycles. The van der Waals surface area contributed by atoms with Crippen LogP contribution in [0, 0.1) is 17.3 Å². The molecule has 0 heterocycles. The summed E-state index contributed by atoms with van der Waals surface area (Å²) in [5, 5.41) is 10.4. The molecule has 0 bridgehead atoms. The molecule has 0 aromatic rings. The third-order valence-corrected chi connectivity index (χ3v) is 4.48. The van der Waals surface area contributed by atoms with E-state index in [-0.39, 0.29) is 24.2 Å². The summed E-state index contributed by atoms with van der Waals surface area (Å²) < 4.78 is 6.22. The number of hydrogen-bond acceptors (Lipinski definition) is 3. The maximum atomic E-state index is 12.1. The van der Waals surface area contributed by atoms with Crippen LogP contribution < -0.4 is 0 Å². The summed E-state index contributed by atoms with van der Waals surface area (Å²) >= 11 is 0. The van der Waals surface area contributed by atoms with E-state index in [4.69, 9.17) is 4.43 Å². The molecule has 0 radical (unpaired) electrons. The SMILES string of the molecule is CC(C)[C@H](O[Si](C)(C)C)[C@@H](C)[C@H](O)CC(=O)C(C)(C)C. The van der Waals surface area contributed by atoms with Crippen LogP contribution >= 0.6 is 0 Å². The molecule has 120 valence electrons. The van der Waals surface area contributed by atoms with Gasteiger partial charge in [-0.05, 0) is 25.6 Å². The van der Waals surface area contributed by atoms with Crippen LogP contribution in [0.1, 0.15) is 48.0 Å². The second-order valence-electron chi connectivity index (χ2n) is 8.24. The fourth-order valence-corrected chi connectivity index (χ4v) is 3.46. The highest BCUT2D eigenvalue weighted by atomic mass is 28.4. The van der Waals surface area contributed by atoms with E-state index in [0.717, 1.165) is 0 Å². The van der Waals surface area contributed by atoms with Gasteiger partial charge in [-0.15, -0.1) is 0 Å². The first-order valence-corrected chi connectivity index (χ1v) is 11.1. The Morgan fingerprint density at radius 3 is 1.90 bits per heavy atom. The molecule has 0 unspecified atom stereocenters. The van der Waals surface area contributed by atoms with Gasteiger partial charge in [0.25, 0.3) is 0 Å². The minimum atomic E-state index is -1.66. The molecule has 20 heavy (non-hydrogen) atoms. The van der Waals surface area contributed by atoms with Crippen molar-refractivity contribution >= 4 is 14.1 Å². The van der Waals surface area contributed by atoms with E-state index >= 15 is 0 Å². The van der Waals surface area contributed by atoms with Crippen molar-refractivity contribution in [2.75, 3.05) is 0 Å². The summed E-state index contributed by atoms with van der Waals surface area (Å²) in [5.41, 5.74) is -0.395. The monoisotopic (exact) mass is 302 g/mol. The summed E-state index contributed by atoms with van der Waals surface area (Å²) in [6, 6.07) is 0. The van der Waals surface area contributed by atoms with Crippen molar-refractivity contribution in [3.8, 4) is 0 Å². The third-order valence-electron chi connectivity index (χ3n) is 3.50. The van der Waals surface area contributed by atoms with Crippen LogP contribution in [0.15, 0.2) is 0 Å². The number of Topliss-reactive ketones (excluding diaryl/α,β-unsaturated/α-hetero) is 1. The van der Waals surface area contributed by atoms with Gasteiger partial charge in [0, 0.05) is 17.8 Å². The fraction of sp³-hybridized carbons (Fsp3) is 0.938. The summed E-state index contributed by atoms with van der Waals surface area (Å²) in [5.74, 6) is 0.400. The maximum absolute atomic E-state index is 12.1. The predicted molar refractivity (Wildman–Crippen MR) is 87.3 cm³/mol. The van der Waals surface area contributed by atoms with E-state index in [9.17, 15) is 9.90 Å². The summed E-state index contributed by atoms with van der Waals surface area (Å²) in [7, 11) is -1.66. The fourth-order valence-electron chi connectivity index (χ4n) is 2.16. The van der Waals surface area contributed by atoms with Crippen LogP contribution in [-0.2, 0) is 9.22 Å². The summed E-state index contributed by atoms with van der Waals surface area (Å²) in [6.07, 6.45) is -0.418. The molecule has 0 rings (SSSR count). The van der Waals surface area contributed by atoms with Crippen molar-refractivity contribution in [1.29, 1.82) is 0 Å². The first kappa shape index (κ1) is 19.8. The Morgan fingerprint density at radius 2 is 1.60 bits per heavy atom. The molecular formula is C16H34O3Si. The van der Waals surface area contributed by atoms with Gasteiger partial charge in [-0.3, -0.25) is 4.79 Å². The van der Waals surface area contributed by atoms with Crippen LogP contribution in [-0.4, -0.2) is 31.4 Å². The Morgan fingerprint density at radius 1 is 1.15 bits per heavy atom. The number of carbonyl (C=O) groups excluding carboxylic acids is 1. The normalized spacial score (nSPS) is 17.9. The van der Waals surface area contributed by atoms with Gasteiger partial charge in [0.1, 0.15) is 5.78 Å². The molecule has 0 fully saturated rings. The molecule has 0 amide bonds. The Labute approximate surface area is 126 Å². The van der Waals surface area contributed by atoms with Gasteiger partial charge in [0.2, 0.25) is 0 Å². The predicted octanol–water partition coefficient (Wildman–Crippen LogP) is 3.86. The molecule has 3 nitrogen and oxygen atoms in total. The van der Waals surface area contributed by atoms with Gasteiger partial charge in [-0.2, -0.15) is 0 Å². The molecule has 1 N–H and O–H groups in total. The van der Waals surface area contributed by atoms with Gasteiger partial charge >= 0.3 is 0 Å². The van der Waals surface area contributed by atoms with Gasteiger partial charge in [0.15, 0.2) is 8.32 Å². The maximum Gasteiger partial charge on any atom is 0.184 e. The van der Waals surface area contributed by atoms with E-state index in [1.165, 1.54) is 0 Å². The van der Waals surface area contributed by atoms with Crippen molar-refractivity contribution in [2.24, 2.45) is 17.3 Å². The Hall–Kier alpha value is -0.193. The van der Waals surface area contributed by atoms with Crippen LogP contribution in [0.2, 0.25) is 19.6 Å². The number of hydrogen-bond donors (Lipinski definition) is 1. The van der Waals surface area contributed by atoms with Crippen molar-refractivity contribution < 1.29 is 14.3 Å². The summed E-state index contributed by atoms with van der Waals surface area (Å²) in [6.45, 7) is 18.4. The van der Waals surface area contributed by atoms with Gasteiger partial charge < -0.3 is 9.53 Å². The Bertz CT molecular complexity index is 313. The standard InChI is InChI=1S/C16H34O3Si/c1-11(2)15(19-20(7,8)9)12(3)13(17)10-14(18)16(4,5)6/h11-13,15,17H,10H2,1-9H3/t12-,13+,15-/m0/s1. The zero-order valence-corrected chi connectivity index (χ0v) is 15.8. The van der Waals surface area contributed by atoms with E-state index in [0.29, 0.717) is 5.92 Å². The van der Waals surface area contributed by atoms with Crippen LogP contribution in [0.3, 0.4) is 0 Å². The molecule has 0 saturated heterocycles. The highest BCUT2D eigenvalue weighted by Gasteiger charge is 2.34. The molecule has 0 aliphatic heterocycles. The lowest BCUT2D eigenvalue weighted by Gasteiger charge is -2.36. The molecule has 0 aliphatic rings. The highest BCUT2D eigenvalue weighted by Crippen LogP contribution is 2.27. The lowest BCUT2D eigenvalue weighted by atomic mass is 9.82. The lowest BCUT2D eigenvalue weighted by Crippen LogP contribution is -2.43. The molecule has 0 spiro atoms. The van der Waals surface area contributed by atoms with E-state index < -0.39 is 19.8 Å². The van der Waals surface area contributed by atoms with Crippen molar-refractivity contribution in [3.05, 3.63) is 0 Å².